The van der Waals surface area contributed by atoms with E-state index >= 15 is 0 Å². The van der Waals surface area contributed by atoms with Crippen LogP contribution < -0.4 is 10.7 Å². The van der Waals surface area contributed by atoms with Crippen LogP contribution in [-0.2, 0) is 17.8 Å². The molecule has 2 amide bonds. The first-order chi connectivity index (χ1) is 14.4. The Balaban J connectivity index is 1.42. The number of hydrogen-bond donors (Lipinski definition) is 2. The van der Waals surface area contributed by atoms with Crippen molar-refractivity contribution in [1.82, 2.24) is 14.8 Å². The molecule has 0 bridgehead atoms. The Kier molecular flexibility index (Phi) is 4.14. The number of fused-ring (bicyclic) bond motifs is 3. The third-order valence-corrected chi connectivity index (χ3v) is 5.51. The molecule has 5 rings (SSSR count). The predicted octanol–water partition coefficient (Wildman–Crippen LogP) is 1.43. The van der Waals surface area contributed by atoms with E-state index in [1.165, 1.54) is 15.7 Å². The molecule has 2 aliphatic rings. The largest absolute Gasteiger partial charge is 0.503 e. The van der Waals surface area contributed by atoms with E-state index in [-0.39, 0.29) is 30.4 Å². The maximum atomic E-state index is 12.8. The highest BCUT2D eigenvalue weighted by Crippen LogP contribution is 2.29. The summed E-state index contributed by atoms with van der Waals surface area (Å²) in [5, 5.41) is 13.9. The van der Waals surface area contributed by atoms with Crippen LogP contribution in [0.25, 0.3) is 11.0 Å². The van der Waals surface area contributed by atoms with Crippen molar-refractivity contribution in [3.8, 4) is 5.75 Å². The first kappa shape index (κ1) is 18.4. The number of benzene rings is 1. The zero-order valence-electron chi connectivity index (χ0n) is 16.1. The number of hydrogen-bond acceptors (Lipinski definition) is 6. The Morgan fingerprint density at radius 2 is 2.10 bits per heavy atom. The molecule has 2 atom stereocenters. The van der Waals surface area contributed by atoms with Gasteiger partial charge in [0.05, 0.1) is 25.7 Å². The summed E-state index contributed by atoms with van der Waals surface area (Å²) in [6.07, 6.45) is 0.806. The number of aromatic hydroxyl groups is 1. The van der Waals surface area contributed by atoms with Crippen molar-refractivity contribution in [2.75, 3.05) is 6.61 Å². The normalized spacial score (nSPS) is 20.3. The number of aromatic nitrogens is 1. The van der Waals surface area contributed by atoms with Crippen molar-refractivity contribution >= 4 is 22.8 Å². The summed E-state index contributed by atoms with van der Waals surface area (Å²) in [5.41, 5.74) is -0.563. The standard InChI is InChI=1S/C21H19N3O6/c1-11-10-29-16-9-23-8-14(18(25)19(26)17(23)21(28)24(11)16)20(27)22-7-13-6-12-4-2-3-5-15(12)30-13/h2-6,8,11,16,26H,7,9-10H2,1H3,(H,22,27)/t11-,16+/m0/s1. The number of nitrogens with zero attached hydrogens (tertiary/aromatic N) is 2. The van der Waals surface area contributed by atoms with Crippen LogP contribution in [0.2, 0.25) is 0 Å². The van der Waals surface area contributed by atoms with Gasteiger partial charge in [0, 0.05) is 11.6 Å². The van der Waals surface area contributed by atoms with Gasteiger partial charge in [0.15, 0.2) is 17.7 Å². The summed E-state index contributed by atoms with van der Waals surface area (Å²) in [6, 6.07) is 9.10. The van der Waals surface area contributed by atoms with Gasteiger partial charge in [-0.25, -0.2) is 0 Å². The SMILES string of the molecule is C[C@H]1CO[C@@H]2Cn3cc(C(=O)NCc4cc5ccccc5o4)c(=O)c(O)c3C(=O)N12. The van der Waals surface area contributed by atoms with Crippen LogP contribution in [0.15, 0.2) is 45.7 Å². The number of para-hydroxylation sites is 1. The van der Waals surface area contributed by atoms with E-state index in [4.69, 9.17) is 9.15 Å². The lowest BCUT2D eigenvalue weighted by molar-refractivity contribution is 0.00624. The molecule has 30 heavy (non-hydrogen) atoms. The number of carbonyl (C=O) groups excluding carboxylic acids is 2. The fraction of sp³-hybridized carbons (Fsp3) is 0.286. The van der Waals surface area contributed by atoms with E-state index in [0.29, 0.717) is 18.0 Å². The summed E-state index contributed by atoms with van der Waals surface area (Å²) in [4.78, 5) is 39.5. The van der Waals surface area contributed by atoms with Gasteiger partial charge in [0.2, 0.25) is 5.43 Å². The van der Waals surface area contributed by atoms with Crippen LogP contribution in [0.3, 0.4) is 0 Å². The minimum Gasteiger partial charge on any atom is -0.503 e. The highest BCUT2D eigenvalue weighted by Gasteiger charge is 2.42. The van der Waals surface area contributed by atoms with Crippen molar-refractivity contribution in [2.45, 2.75) is 32.3 Å². The Labute approximate surface area is 170 Å². The van der Waals surface area contributed by atoms with Gasteiger partial charge in [-0.3, -0.25) is 14.4 Å². The van der Waals surface area contributed by atoms with Crippen LogP contribution in [-0.4, -0.2) is 45.3 Å². The van der Waals surface area contributed by atoms with E-state index in [9.17, 15) is 19.5 Å². The molecule has 0 unspecified atom stereocenters. The summed E-state index contributed by atoms with van der Waals surface area (Å²) in [7, 11) is 0. The molecule has 1 saturated heterocycles. The lowest BCUT2D eigenvalue weighted by Crippen LogP contribution is -2.49. The van der Waals surface area contributed by atoms with Crippen LogP contribution in [0.4, 0.5) is 0 Å². The van der Waals surface area contributed by atoms with E-state index < -0.39 is 29.2 Å². The third kappa shape index (κ3) is 2.78. The average Bonchev–Trinajstić information content (AvgIpc) is 3.32. The van der Waals surface area contributed by atoms with Crippen molar-refractivity contribution in [3.63, 3.8) is 0 Å². The zero-order valence-corrected chi connectivity index (χ0v) is 16.1. The van der Waals surface area contributed by atoms with Gasteiger partial charge in [-0.15, -0.1) is 0 Å². The van der Waals surface area contributed by atoms with Gasteiger partial charge in [-0.05, 0) is 19.1 Å². The number of furan rings is 1. The third-order valence-electron chi connectivity index (χ3n) is 5.51. The Morgan fingerprint density at radius 3 is 2.90 bits per heavy atom. The molecular formula is C21H19N3O6. The molecule has 154 valence electrons. The second-order valence-corrected chi connectivity index (χ2v) is 7.50. The summed E-state index contributed by atoms with van der Waals surface area (Å²) >= 11 is 0. The van der Waals surface area contributed by atoms with Crippen LogP contribution in [0.5, 0.6) is 5.75 Å². The fourth-order valence-corrected chi connectivity index (χ4v) is 4.02. The molecule has 4 heterocycles. The number of amides is 2. The molecule has 1 fully saturated rings. The van der Waals surface area contributed by atoms with Gasteiger partial charge in [0.1, 0.15) is 16.9 Å². The van der Waals surface area contributed by atoms with Crippen molar-refractivity contribution in [2.24, 2.45) is 0 Å². The number of ether oxygens (including phenoxy) is 1. The van der Waals surface area contributed by atoms with Gasteiger partial charge < -0.3 is 29.0 Å². The summed E-state index contributed by atoms with van der Waals surface area (Å²) in [5.74, 6) is -1.35. The maximum Gasteiger partial charge on any atom is 0.276 e. The quantitative estimate of drug-likeness (QED) is 0.677. The average molecular weight is 409 g/mol. The molecule has 9 heteroatoms. The van der Waals surface area contributed by atoms with Crippen LogP contribution >= 0.6 is 0 Å². The molecular weight excluding hydrogens is 390 g/mol. The van der Waals surface area contributed by atoms with Crippen LogP contribution in [0, 0.1) is 0 Å². The molecule has 3 aromatic rings. The molecule has 0 aliphatic carbocycles. The second-order valence-electron chi connectivity index (χ2n) is 7.50. The minimum atomic E-state index is -0.886. The first-order valence-electron chi connectivity index (χ1n) is 9.60. The summed E-state index contributed by atoms with van der Waals surface area (Å²) < 4.78 is 12.7. The lowest BCUT2D eigenvalue weighted by atomic mass is 10.1. The smallest absolute Gasteiger partial charge is 0.276 e. The highest BCUT2D eigenvalue weighted by atomic mass is 16.5. The monoisotopic (exact) mass is 409 g/mol. The number of nitrogens with one attached hydrogen (secondary N) is 1. The molecule has 0 spiro atoms. The molecule has 2 aromatic heterocycles. The van der Waals surface area contributed by atoms with E-state index in [1.54, 1.807) is 6.07 Å². The first-order valence-corrected chi connectivity index (χ1v) is 9.60. The topological polar surface area (TPSA) is 114 Å². The number of rotatable bonds is 3. The molecule has 1 aromatic carbocycles. The van der Waals surface area contributed by atoms with Crippen LogP contribution in [0.1, 0.15) is 33.5 Å². The van der Waals surface area contributed by atoms with Crippen molar-refractivity contribution < 1.29 is 23.8 Å². The Morgan fingerprint density at radius 1 is 1.30 bits per heavy atom. The van der Waals surface area contributed by atoms with Crippen molar-refractivity contribution in [1.29, 1.82) is 0 Å². The predicted molar refractivity (Wildman–Crippen MR) is 105 cm³/mol. The Hall–Kier alpha value is -3.59. The molecule has 9 nitrogen and oxygen atoms in total. The summed E-state index contributed by atoms with van der Waals surface area (Å²) in [6.45, 7) is 2.51. The number of pyridine rings is 1. The van der Waals surface area contributed by atoms with Gasteiger partial charge in [-0.2, -0.15) is 0 Å². The van der Waals surface area contributed by atoms with E-state index in [0.717, 1.165) is 5.39 Å². The van der Waals surface area contributed by atoms with Gasteiger partial charge in [0.25, 0.3) is 11.8 Å². The van der Waals surface area contributed by atoms with E-state index in [2.05, 4.69) is 5.32 Å². The minimum absolute atomic E-state index is 0.0748. The van der Waals surface area contributed by atoms with E-state index in [1.807, 2.05) is 31.2 Å². The highest BCUT2D eigenvalue weighted by molar-refractivity contribution is 5.99. The van der Waals surface area contributed by atoms with Crippen molar-refractivity contribution in [3.05, 3.63) is 63.8 Å². The lowest BCUT2D eigenvalue weighted by Gasteiger charge is -2.33. The molecule has 2 N–H and O–H groups in total. The van der Waals surface area contributed by atoms with Gasteiger partial charge >= 0.3 is 0 Å². The maximum absolute atomic E-state index is 12.8. The fourth-order valence-electron chi connectivity index (χ4n) is 4.02. The van der Waals surface area contributed by atoms with Gasteiger partial charge in [-0.1, -0.05) is 18.2 Å². The zero-order chi connectivity index (χ0) is 21.0. The molecule has 2 aliphatic heterocycles. The number of carbonyl (C=O) groups is 2. The Bertz CT molecular complexity index is 1210. The second kappa shape index (κ2) is 6.74. The molecule has 0 saturated carbocycles. The molecule has 0 radical (unpaired) electrons.